The van der Waals surface area contributed by atoms with Crippen LogP contribution < -0.4 is 5.73 Å². The van der Waals surface area contributed by atoms with Crippen molar-refractivity contribution in [2.75, 3.05) is 5.73 Å². The summed E-state index contributed by atoms with van der Waals surface area (Å²) in [6.07, 6.45) is 5.56. The van der Waals surface area contributed by atoms with Crippen LogP contribution in [0.25, 0.3) is 33.2 Å². The highest BCUT2D eigenvalue weighted by molar-refractivity contribution is 5.96. The first-order valence-corrected chi connectivity index (χ1v) is 7.58. The summed E-state index contributed by atoms with van der Waals surface area (Å²) in [6.45, 7) is 0. The molecule has 3 nitrogen and oxygen atoms in total. The van der Waals surface area contributed by atoms with Crippen LogP contribution in [0.5, 0.6) is 0 Å². The molecule has 0 saturated heterocycles. The summed E-state index contributed by atoms with van der Waals surface area (Å²) in [5, 5.41) is 1.26. The Morgan fingerprint density at radius 3 is 2.52 bits per heavy atom. The monoisotopic (exact) mass is 299 g/mol. The molecule has 0 unspecified atom stereocenters. The minimum absolute atomic E-state index is 0.697. The van der Waals surface area contributed by atoms with E-state index in [1.807, 2.05) is 6.07 Å². The van der Waals surface area contributed by atoms with E-state index < -0.39 is 0 Å². The average Bonchev–Trinajstić information content (AvgIpc) is 2.97. The third-order valence-corrected chi connectivity index (χ3v) is 4.26. The van der Waals surface area contributed by atoms with E-state index in [2.05, 4.69) is 71.3 Å². The maximum Gasteiger partial charge on any atom is 0.0580 e. The number of aromatic nitrogens is 2. The lowest BCUT2D eigenvalue weighted by atomic mass is 9.97. The van der Waals surface area contributed by atoms with Gasteiger partial charge in [0.1, 0.15) is 0 Å². The van der Waals surface area contributed by atoms with Gasteiger partial charge in [-0.1, -0.05) is 30.3 Å². The van der Waals surface area contributed by atoms with Gasteiger partial charge in [-0.05, 0) is 41.0 Å². The van der Waals surface area contributed by atoms with Gasteiger partial charge in [-0.25, -0.2) is 0 Å². The molecule has 0 fully saturated rings. The van der Waals surface area contributed by atoms with Crippen molar-refractivity contribution in [3.63, 3.8) is 0 Å². The summed E-state index contributed by atoms with van der Waals surface area (Å²) in [5.41, 5.74) is 12.5. The third-order valence-electron chi connectivity index (χ3n) is 4.26. The minimum Gasteiger partial charge on any atom is -0.397 e. The summed E-state index contributed by atoms with van der Waals surface area (Å²) in [6, 6.07) is 19.0. The van der Waals surface area contributed by atoms with Crippen molar-refractivity contribution in [2.24, 2.45) is 7.05 Å². The van der Waals surface area contributed by atoms with Crippen molar-refractivity contribution in [3.05, 3.63) is 73.2 Å². The molecule has 0 bridgehead atoms. The largest absolute Gasteiger partial charge is 0.397 e. The van der Waals surface area contributed by atoms with Gasteiger partial charge in [0.2, 0.25) is 0 Å². The van der Waals surface area contributed by atoms with Gasteiger partial charge in [0.15, 0.2) is 0 Å². The number of benzene rings is 2. The fourth-order valence-electron chi connectivity index (χ4n) is 3.08. The van der Waals surface area contributed by atoms with Gasteiger partial charge in [-0.3, -0.25) is 4.98 Å². The Bertz CT molecular complexity index is 999. The highest BCUT2D eigenvalue weighted by atomic mass is 14.9. The highest BCUT2D eigenvalue weighted by Crippen LogP contribution is 2.33. The molecule has 2 heterocycles. The summed E-state index contributed by atoms with van der Waals surface area (Å²) in [5.74, 6) is 0. The van der Waals surface area contributed by atoms with Crippen LogP contribution in [0.3, 0.4) is 0 Å². The molecule has 0 aliphatic rings. The van der Waals surface area contributed by atoms with Crippen LogP contribution in [0.1, 0.15) is 0 Å². The number of hydrogen-bond donors (Lipinski definition) is 1. The first kappa shape index (κ1) is 13.6. The number of hydrogen-bond acceptors (Lipinski definition) is 2. The Balaban J connectivity index is 1.90. The molecule has 4 aromatic rings. The zero-order chi connectivity index (χ0) is 15.8. The Morgan fingerprint density at radius 1 is 0.913 bits per heavy atom. The Hall–Kier alpha value is -3.07. The van der Waals surface area contributed by atoms with E-state index in [-0.39, 0.29) is 0 Å². The minimum atomic E-state index is 0.697. The number of nitrogens with zero attached hydrogens (tertiary/aromatic N) is 2. The van der Waals surface area contributed by atoms with Gasteiger partial charge in [0.05, 0.1) is 11.9 Å². The maximum absolute atomic E-state index is 6.07. The quantitative estimate of drug-likeness (QED) is 0.592. The molecule has 2 aromatic heterocycles. The smallest absolute Gasteiger partial charge is 0.0580 e. The van der Waals surface area contributed by atoms with Crippen molar-refractivity contribution in [2.45, 2.75) is 0 Å². The Kier molecular flexibility index (Phi) is 3.12. The molecule has 112 valence electrons. The molecule has 23 heavy (non-hydrogen) atoms. The molecule has 0 amide bonds. The van der Waals surface area contributed by atoms with E-state index in [4.69, 9.17) is 5.73 Å². The average molecular weight is 299 g/mol. The van der Waals surface area contributed by atoms with Crippen LogP contribution in [-0.2, 0) is 7.05 Å². The molecular formula is C20H17N3. The van der Waals surface area contributed by atoms with Gasteiger partial charge in [-0.2, -0.15) is 0 Å². The lowest BCUT2D eigenvalue weighted by Gasteiger charge is -2.09. The van der Waals surface area contributed by atoms with Gasteiger partial charge in [0.25, 0.3) is 0 Å². The van der Waals surface area contributed by atoms with E-state index >= 15 is 0 Å². The molecule has 3 heteroatoms. The number of anilines is 1. The molecule has 0 aliphatic carbocycles. The molecule has 0 saturated carbocycles. The predicted octanol–water partition coefficient (Wildman–Crippen LogP) is 4.49. The van der Waals surface area contributed by atoms with E-state index in [1.54, 1.807) is 12.4 Å². The highest BCUT2D eigenvalue weighted by Gasteiger charge is 2.08. The van der Waals surface area contributed by atoms with E-state index in [0.717, 1.165) is 11.1 Å². The van der Waals surface area contributed by atoms with Crippen molar-refractivity contribution in [3.8, 4) is 22.3 Å². The summed E-state index contributed by atoms with van der Waals surface area (Å²) in [4.78, 5) is 4.07. The van der Waals surface area contributed by atoms with Crippen LogP contribution in [0.2, 0.25) is 0 Å². The molecule has 0 atom stereocenters. The maximum atomic E-state index is 6.07. The van der Waals surface area contributed by atoms with Crippen molar-refractivity contribution in [1.82, 2.24) is 9.55 Å². The van der Waals surface area contributed by atoms with Crippen molar-refractivity contribution in [1.29, 1.82) is 0 Å². The number of rotatable bonds is 2. The fraction of sp³-hybridized carbons (Fsp3) is 0.0500. The molecular weight excluding hydrogens is 282 g/mol. The van der Waals surface area contributed by atoms with E-state index in [1.165, 1.54) is 22.0 Å². The number of nitrogen functional groups attached to an aromatic ring is 1. The number of nitrogens with two attached hydrogens (primary N) is 1. The number of fused-ring (bicyclic) bond motifs is 1. The van der Waals surface area contributed by atoms with Gasteiger partial charge >= 0.3 is 0 Å². The molecule has 4 rings (SSSR count). The zero-order valence-electron chi connectivity index (χ0n) is 12.9. The second kappa shape index (κ2) is 5.29. The summed E-state index contributed by atoms with van der Waals surface area (Å²) < 4.78 is 2.14. The SMILES string of the molecule is Cn1ccc2c(-c3cccc(-c4ccncc4N)c3)cccc21. The molecule has 0 aliphatic heterocycles. The fourth-order valence-corrected chi connectivity index (χ4v) is 3.08. The predicted molar refractivity (Wildman–Crippen MR) is 96.0 cm³/mol. The lowest BCUT2D eigenvalue weighted by Crippen LogP contribution is -1.91. The van der Waals surface area contributed by atoms with Crippen LogP contribution in [0.4, 0.5) is 5.69 Å². The van der Waals surface area contributed by atoms with Crippen LogP contribution in [-0.4, -0.2) is 9.55 Å². The second-order valence-corrected chi connectivity index (χ2v) is 5.71. The molecule has 0 radical (unpaired) electrons. The normalized spacial score (nSPS) is 11.0. The van der Waals surface area contributed by atoms with Gasteiger partial charge in [-0.15, -0.1) is 0 Å². The first-order valence-electron chi connectivity index (χ1n) is 7.58. The number of aryl methyl sites for hydroxylation is 1. The standard InChI is InChI=1S/C20H17N3/c1-23-11-9-18-16(6-3-7-20(18)23)14-4-2-5-15(12-14)17-8-10-22-13-19(17)21/h2-13H,21H2,1H3. The zero-order valence-corrected chi connectivity index (χ0v) is 12.9. The van der Waals surface area contributed by atoms with Crippen molar-refractivity contribution < 1.29 is 0 Å². The van der Waals surface area contributed by atoms with Crippen molar-refractivity contribution >= 4 is 16.6 Å². The molecule has 2 aromatic carbocycles. The van der Waals surface area contributed by atoms with Crippen LogP contribution >= 0.6 is 0 Å². The summed E-state index contributed by atoms with van der Waals surface area (Å²) >= 11 is 0. The Morgan fingerprint density at radius 2 is 1.70 bits per heavy atom. The topological polar surface area (TPSA) is 43.8 Å². The molecule has 0 spiro atoms. The third kappa shape index (κ3) is 2.27. The first-order chi connectivity index (χ1) is 11.2. The van der Waals surface area contributed by atoms with Crippen LogP contribution in [0, 0.1) is 0 Å². The lowest BCUT2D eigenvalue weighted by molar-refractivity contribution is 0.969. The van der Waals surface area contributed by atoms with E-state index in [9.17, 15) is 0 Å². The van der Waals surface area contributed by atoms with Crippen LogP contribution in [0.15, 0.2) is 73.2 Å². The second-order valence-electron chi connectivity index (χ2n) is 5.71. The van der Waals surface area contributed by atoms with Gasteiger partial charge < -0.3 is 10.3 Å². The summed E-state index contributed by atoms with van der Waals surface area (Å²) in [7, 11) is 2.07. The van der Waals surface area contributed by atoms with E-state index in [0.29, 0.717) is 5.69 Å². The molecule has 2 N–H and O–H groups in total. The Labute approximate surface area is 135 Å². The van der Waals surface area contributed by atoms with Gasteiger partial charge in [0, 0.05) is 35.9 Å². The number of pyridine rings is 1.